The molecule has 0 saturated heterocycles. The minimum Gasteiger partial charge on any atom is -0.346 e. The highest BCUT2D eigenvalue weighted by molar-refractivity contribution is 8.00. The van der Waals surface area contributed by atoms with Gasteiger partial charge < -0.3 is 10.0 Å². The van der Waals surface area contributed by atoms with Crippen molar-refractivity contribution < 1.29 is 48.7 Å². The second-order valence-corrected chi connectivity index (χ2v) is 17.0. The number of nitrogens with zero attached hydrogens (tertiary/aromatic N) is 5. The number of anilines is 1. The minimum absolute atomic E-state index is 0.0129. The highest BCUT2D eigenvalue weighted by Gasteiger charge is 2.53. The standard InChI is InChI=1S/C39H34ClF10N7OS2/c1-19-16-37(43,44)34-29(19)33(39(48,49)50)53-56(34)17-28(58)52-27(14-20-12-21(41)15-22(42)13-20)31-24(7-6-23(51-31)10-11-36(2,3)59-4)25-8-9-26(40)30-32(25)57(18-38(45,46)47)54-35(30)55-60-5/h6-9,12-13,15,19,27H,14,16-18H2,1-5H3,(H,52,58)(H,54,55)/t19-,27?/m0/s1. The van der Waals surface area contributed by atoms with Gasteiger partial charge in [-0.05, 0) is 74.3 Å². The number of carbonyl (C=O) groups is 1. The average molecular weight is 906 g/mol. The van der Waals surface area contributed by atoms with Crippen LogP contribution < -0.4 is 10.0 Å². The van der Waals surface area contributed by atoms with Gasteiger partial charge in [0.05, 0.1) is 32.4 Å². The largest absolute Gasteiger partial charge is 0.435 e. The van der Waals surface area contributed by atoms with Crippen LogP contribution in [0.15, 0.2) is 42.5 Å². The molecule has 6 rings (SSSR count). The minimum atomic E-state index is -5.14. The molecule has 2 aromatic carbocycles. The molecule has 0 saturated carbocycles. The van der Waals surface area contributed by atoms with Gasteiger partial charge in [0, 0.05) is 35.4 Å². The normalized spacial score (nSPS) is 15.8. The Morgan fingerprint density at radius 1 is 1.00 bits per heavy atom. The summed E-state index contributed by atoms with van der Waals surface area (Å²) in [5.41, 5.74) is -3.47. The number of rotatable bonds is 11. The van der Waals surface area contributed by atoms with Crippen LogP contribution in [0.25, 0.3) is 22.0 Å². The summed E-state index contributed by atoms with van der Waals surface area (Å²) in [6.07, 6.45) is -7.91. The van der Waals surface area contributed by atoms with E-state index in [9.17, 15) is 39.9 Å². The molecule has 0 bridgehead atoms. The van der Waals surface area contributed by atoms with Crippen molar-refractivity contribution in [3.63, 3.8) is 0 Å². The van der Waals surface area contributed by atoms with Crippen LogP contribution in [0.1, 0.15) is 73.1 Å². The van der Waals surface area contributed by atoms with Gasteiger partial charge in [0.2, 0.25) is 5.91 Å². The van der Waals surface area contributed by atoms with Gasteiger partial charge in [0.1, 0.15) is 36.1 Å². The number of alkyl halides is 8. The van der Waals surface area contributed by atoms with E-state index in [0.29, 0.717) is 10.7 Å². The number of carbonyl (C=O) groups excluding carboxylic acids is 1. The van der Waals surface area contributed by atoms with E-state index in [1.54, 1.807) is 6.26 Å². The molecule has 21 heteroatoms. The van der Waals surface area contributed by atoms with Crippen LogP contribution in [0.2, 0.25) is 5.02 Å². The van der Waals surface area contributed by atoms with Gasteiger partial charge in [-0.2, -0.15) is 45.3 Å². The first-order chi connectivity index (χ1) is 27.9. The summed E-state index contributed by atoms with van der Waals surface area (Å²) in [7, 11) is 0. The third kappa shape index (κ3) is 9.62. The zero-order valence-corrected chi connectivity index (χ0v) is 34.5. The van der Waals surface area contributed by atoms with Crippen molar-refractivity contribution in [3.8, 4) is 23.0 Å². The van der Waals surface area contributed by atoms with E-state index in [0.717, 1.165) is 24.1 Å². The number of aromatic nitrogens is 5. The fraction of sp³-hybridized carbons (Fsp3) is 0.385. The van der Waals surface area contributed by atoms with Crippen molar-refractivity contribution in [2.75, 3.05) is 17.2 Å². The van der Waals surface area contributed by atoms with Crippen molar-refractivity contribution in [2.45, 2.75) is 81.7 Å². The summed E-state index contributed by atoms with van der Waals surface area (Å²) >= 11 is 9.01. The zero-order chi connectivity index (χ0) is 44.1. The molecule has 1 aliphatic carbocycles. The molecule has 2 N–H and O–H groups in total. The summed E-state index contributed by atoms with van der Waals surface area (Å²) < 4.78 is 147. The van der Waals surface area contributed by atoms with Crippen molar-refractivity contribution in [1.82, 2.24) is 29.9 Å². The summed E-state index contributed by atoms with van der Waals surface area (Å²) in [6, 6.07) is 6.71. The lowest BCUT2D eigenvalue weighted by molar-refractivity contribution is -0.143. The molecule has 1 aliphatic rings. The van der Waals surface area contributed by atoms with E-state index in [-0.39, 0.29) is 54.5 Å². The molecular weight excluding hydrogens is 872 g/mol. The van der Waals surface area contributed by atoms with E-state index < -0.39 is 95.4 Å². The molecular formula is C39H34ClF10N7OS2. The van der Waals surface area contributed by atoms with Gasteiger partial charge in [-0.3, -0.25) is 14.2 Å². The number of thioether (sulfide) groups is 1. The molecule has 1 unspecified atom stereocenters. The molecule has 320 valence electrons. The van der Waals surface area contributed by atoms with Gasteiger partial charge in [0.15, 0.2) is 11.5 Å². The smallest absolute Gasteiger partial charge is 0.346 e. The molecule has 0 fully saturated rings. The van der Waals surface area contributed by atoms with Crippen LogP contribution in [0.4, 0.5) is 49.7 Å². The second kappa shape index (κ2) is 16.7. The summed E-state index contributed by atoms with van der Waals surface area (Å²) in [4.78, 5) is 18.7. The Morgan fingerprint density at radius 2 is 1.67 bits per heavy atom. The number of fused-ring (bicyclic) bond motifs is 2. The van der Waals surface area contributed by atoms with Crippen molar-refractivity contribution in [1.29, 1.82) is 0 Å². The zero-order valence-electron chi connectivity index (χ0n) is 32.1. The Kier molecular flexibility index (Phi) is 12.5. The Morgan fingerprint density at radius 3 is 2.28 bits per heavy atom. The third-order valence-electron chi connectivity index (χ3n) is 9.57. The molecule has 0 aliphatic heterocycles. The Bertz CT molecular complexity index is 2500. The van der Waals surface area contributed by atoms with E-state index in [2.05, 4.69) is 32.1 Å². The Labute approximate surface area is 350 Å². The van der Waals surface area contributed by atoms with Crippen LogP contribution in [0.3, 0.4) is 0 Å². The van der Waals surface area contributed by atoms with Gasteiger partial charge in [-0.15, -0.1) is 11.8 Å². The molecule has 5 aromatic rings. The molecule has 0 spiro atoms. The molecule has 3 heterocycles. The maximum absolute atomic E-state index is 15.3. The average Bonchev–Trinajstić information content (AvgIpc) is 3.76. The first-order valence-electron chi connectivity index (χ1n) is 17.9. The highest BCUT2D eigenvalue weighted by atomic mass is 35.5. The van der Waals surface area contributed by atoms with Gasteiger partial charge in [0.25, 0.3) is 5.92 Å². The summed E-state index contributed by atoms with van der Waals surface area (Å²) in [6.45, 7) is 2.12. The second-order valence-electron chi connectivity index (χ2n) is 14.5. The van der Waals surface area contributed by atoms with Crippen LogP contribution >= 0.6 is 35.3 Å². The number of halogens is 11. The molecule has 1 amide bonds. The number of nitrogens with one attached hydrogen (secondary N) is 2. The van der Waals surface area contributed by atoms with Crippen LogP contribution in [-0.2, 0) is 36.4 Å². The van der Waals surface area contributed by atoms with E-state index in [1.165, 1.54) is 43.0 Å². The van der Waals surface area contributed by atoms with E-state index in [1.807, 2.05) is 20.1 Å². The Balaban J connectivity index is 1.58. The molecule has 3 aromatic heterocycles. The Hall–Kier alpha value is -4.61. The number of hydrogen-bond donors (Lipinski definition) is 2. The predicted molar refractivity (Wildman–Crippen MR) is 211 cm³/mol. The van der Waals surface area contributed by atoms with Gasteiger partial charge in [-0.25, -0.2) is 13.8 Å². The fourth-order valence-corrected chi connectivity index (χ4v) is 7.78. The van der Waals surface area contributed by atoms with Crippen molar-refractivity contribution in [3.05, 3.63) is 93.0 Å². The van der Waals surface area contributed by atoms with E-state index >= 15 is 8.78 Å². The SMILES string of the molecule is CSNc1nn(CC(F)(F)F)c2c(-c3ccc(C#CC(C)(C)SC)nc3C(Cc3cc(F)cc(F)c3)NC(=O)Cn3nc(C(F)(F)F)c4c3C(F)(F)C[C@@H]4C)ccc(Cl)c12. The third-order valence-corrected chi connectivity index (χ3v) is 11.4. The monoisotopic (exact) mass is 905 g/mol. The lowest BCUT2D eigenvalue weighted by Gasteiger charge is -2.23. The molecule has 2 atom stereocenters. The maximum atomic E-state index is 15.3. The van der Waals surface area contributed by atoms with Crippen molar-refractivity contribution in [2.24, 2.45) is 0 Å². The first kappa shape index (κ1) is 44.9. The molecule has 8 nitrogen and oxygen atoms in total. The highest BCUT2D eigenvalue weighted by Crippen LogP contribution is 2.52. The maximum Gasteiger partial charge on any atom is 0.435 e. The van der Waals surface area contributed by atoms with E-state index in [4.69, 9.17) is 16.6 Å². The van der Waals surface area contributed by atoms with Crippen LogP contribution in [0.5, 0.6) is 0 Å². The quantitative estimate of drug-likeness (QED) is 0.0775. The molecule has 0 radical (unpaired) electrons. The van der Waals surface area contributed by atoms with Gasteiger partial charge in [-0.1, -0.05) is 42.5 Å². The summed E-state index contributed by atoms with van der Waals surface area (Å²) in [5, 5.41) is 10.2. The lowest BCUT2D eigenvalue weighted by atomic mass is 9.93. The predicted octanol–water partition coefficient (Wildman–Crippen LogP) is 10.7. The topological polar surface area (TPSA) is 89.7 Å². The fourth-order valence-electron chi connectivity index (χ4n) is 7.05. The summed E-state index contributed by atoms with van der Waals surface area (Å²) in [5.74, 6) is -2.23. The molecule has 60 heavy (non-hydrogen) atoms. The lowest BCUT2D eigenvalue weighted by Crippen LogP contribution is -2.35. The number of amides is 1. The number of pyridine rings is 1. The first-order valence-corrected chi connectivity index (χ1v) is 20.7. The van der Waals surface area contributed by atoms with Crippen LogP contribution in [0, 0.1) is 23.5 Å². The number of hydrogen-bond acceptors (Lipinski definition) is 7. The van der Waals surface area contributed by atoms with Crippen molar-refractivity contribution >= 4 is 57.9 Å². The van der Waals surface area contributed by atoms with Gasteiger partial charge >= 0.3 is 12.4 Å². The van der Waals surface area contributed by atoms with Crippen LogP contribution in [-0.4, -0.2) is 53.9 Å². The number of benzene rings is 2.